The van der Waals surface area contributed by atoms with Crippen LogP contribution in [-0.2, 0) is 21.2 Å². The molecule has 35 heavy (non-hydrogen) atoms. The molecule has 1 amide bonds. The minimum absolute atomic E-state index is 0.0979. The van der Waals surface area contributed by atoms with Crippen molar-refractivity contribution in [1.29, 1.82) is 0 Å². The minimum Gasteiger partial charge on any atom is -0.497 e. The number of nitrogens with zero attached hydrogens (tertiary/aromatic N) is 1. The molecule has 0 aromatic heterocycles. The smallest absolute Gasteiger partial charge is 0.264 e. The Labute approximate surface area is 205 Å². The van der Waals surface area contributed by atoms with Gasteiger partial charge in [-0.25, -0.2) is 8.42 Å². The van der Waals surface area contributed by atoms with Gasteiger partial charge in [0.05, 0.1) is 17.7 Å². The number of anilines is 1. The number of aryl methyl sites for hydroxylation is 1. The van der Waals surface area contributed by atoms with Gasteiger partial charge < -0.3 is 19.5 Å². The molecule has 0 bridgehead atoms. The SMILES string of the molecule is COc1cccc(CCCNC(=O)CN(c2ccc3c(c2)OCCO3)S(=O)(=O)c2ccccc2)c1. The van der Waals surface area contributed by atoms with Crippen LogP contribution in [0.2, 0.25) is 0 Å². The second kappa shape index (κ2) is 11.1. The molecular weight excluding hydrogens is 468 g/mol. The lowest BCUT2D eigenvalue weighted by Gasteiger charge is -2.26. The maximum atomic E-state index is 13.5. The van der Waals surface area contributed by atoms with Gasteiger partial charge in [-0.3, -0.25) is 9.10 Å². The Morgan fingerprint density at radius 3 is 2.51 bits per heavy atom. The Morgan fingerprint density at radius 2 is 1.74 bits per heavy atom. The molecule has 0 radical (unpaired) electrons. The Bertz CT molecular complexity index is 1260. The van der Waals surface area contributed by atoms with Crippen LogP contribution in [0.5, 0.6) is 17.2 Å². The summed E-state index contributed by atoms with van der Waals surface area (Å²) >= 11 is 0. The summed E-state index contributed by atoms with van der Waals surface area (Å²) in [5.74, 6) is 1.37. The first kappa shape index (κ1) is 24.4. The lowest BCUT2D eigenvalue weighted by Crippen LogP contribution is -2.41. The number of amides is 1. The summed E-state index contributed by atoms with van der Waals surface area (Å²) in [6.07, 6.45) is 1.46. The molecule has 8 nitrogen and oxygen atoms in total. The number of fused-ring (bicyclic) bond motifs is 1. The molecule has 0 saturated heterocycles. The van der Waals surface area contributed by atoms with Crippen molar-refractivity contribution < 1.29 is 27.4 Å². The van der Waals surface area contributed by atoms with E-state index in [1.807, 2.05) is 24.3 Å². The third-order valence-electron chi connectivity index (χ3n) is 5.53. The van der Waals surface area contributed by atoms with Crippen LogP contribution >= 0.6 is 0 Å². The van der Waals surface area contributed by atoms with Crippen LogP contribution in [0.25, 0.3) is 0 Å². The van der Waals surface area contributed by atoms with E-state index in [4.69, 9.17) is 14.2 Å². The van der Waals surface area contributed by atoms with Crippen molar-refractivity contribution in [2.45, 2.75) is 17.7 Å². The van der Waals surface area contributed by atoms with Crippen molar-refractivity contribution in [3.8, 4) is 17.2 Å². The molecule has 3 aromatic rings. The van der Waals surface area contributed by atoms with Crippen LogP contribution in [0.3, 0.4) is 0 Å². The molecule has 0 saturated carbocycles. The van der Waals surface area contributed by atoms with Crippen LogP contribution in [0.4, 0.5) is 5.69 Å². The molecule has 1 N–H and O–H groups in total. The van der Waals surface area contributed by atoms with E-state index in [1.165, 1.54) is 12.1 Å². The van der Waals surface area contributed by atoms with Gasteiger partial charge in [0.15, 0.2) is 11.5 Å². The van der Waals surface area contributed by atoms with Crippen LogP contribution in [-0.4, -0.2) is 47.7 Å². The van der Waals surface area contributed by atoms with E-state index < -0.39 is 15.9 Å². The van der Waals surface area contributed by atoms with Crippen molar-refractivity contribution in [2.75, 3.05) is 37.7 Å². The number of nitrogens with one attached hydrogen (secondary N) is 1. The van der Waals surface area contributed by atoms with Crippen molar-refractivity contribution in [3.05, 3.63) is 78.4 Å². The molecule has 1 aliphatic heterocycles. The van der Waals surface area contributed by atoms with E-state index >= 15 is 0 Å². The third-order valence-corrected chi connectivity index (χ3v) is 7.32. The Hall–Kier alpha value is -3.72. The van der Waals surface area contributed by atoms with Gasteiger partial charge in [-0.1, -0.05) is 30.3 Å². The molecule has 1 aliphatic rings. The Morgan fingerprint density at radius 1 is 0.971 bits per heavy atom. The van der Waals surface area contributed by atoms with Crippen molar-refractivity contribution in [2.24, 2.45) is 0 Å². The van der Waals surface area contributed by atoms with Gasteiger partial charge >= 0.3 is 0 Å². The highest BCUT2D eigenvalue weighted by Gasteiger charge is 2.28. The molecule has 3 aromatic carbocycles. The zero-order valence-electron chi connectivity index (χ0n) is 19.5. The van der Waals surface area contributed by atoms with Crippen molar-refractivity contribution in [1.82, 2.24) is 5.32 Å². The van der Waals surface area contributed by atoms with Gasteiger partial charge in [-0.05, 0) is 54.8 Å². The number of sulfonamides is 1. The van der Waals surface area contributed by atoms with E-state index in [1.54, 1.807) is 43.5 Å². The van der Waals surface area contributed by atoms with E-state index in [-0.39, 0.29) is 11.4 Å². The third kappa shape index (κ3) is 6.05. The van der Waals surface area contributed by atoms with Crippen molar-refractivity contribution >= 4 is 21.6 Å². The number of carbonyl (C=O) groups is 1. The summed E-state index contributed by atoms with van der Waals surface area (Å²) in [5, 5.41) is 2.84. The Kier molecular flexibility index (Phi) is 7.77. The van der Waals surface area contributed by atoms with Gasteiger partial charge in [0.2, 0.25) is 5.91 Å². The summed E-state index contributed by atoms with van der Waals surface area (Å²) in [6.45, 7) is 0.846. The zero-order chi connectivity index (χ0) is 24.7. The first-order chi connectivity index (χ1) is 17.0. The molecule has 0 atom stereocenters. The summed E-state index contributed by atoms with van der Waals surface area (Å²) < 4.78 is 44.4. The fraction of sp³-hybridized carbons (Fsp3) is 0.269. The number of benzene rings is 3. The molecule has 4 rings (SSSR count). The average molecular weight is 497 g/mol. The average Bonchev–Trinajstić information content (AvgIpc) is 2.90. The maximum Gasteiger partial charge on any atom is 0.264 e. The molecule has 0 aliphatic carbocycles. The monoisotopic (exact) mass is 496 g/mol. The lowest BCUT2D eigenvalue weighted by molar-refractivity contribution is -0.119. The molecule has 0 fully saturated rings. The van der Waals surface area contributed by atoms with Crippen LogP contribution in [0.1, 0.15) is 12.0 Å². The van der Waals surface area contributed by atoms with Crippen LogP contribution in [0.15, 0.2) is 77.7 Å². The second-order valence-electron chi connectivity index (χ2n) is 7.96. The van der Waals surface area contributed by atoms with Gasteiger partial charge in [0.1, 0.15) is 25.5 Å². The van der Waals surface area contributed by atoms with Gasteiger partial charge in [-0.15, -0.1) is 0 Å². The zero-order valence-corrected chi connectivity index (χ0v) is 20.3. The first-order valence-electron chi connectivity index (χ1n) is 11.3. The summed E-state index contributed by atoms with van der Waals surface area (Å²) in [4.78, 5) is 12.9. The quantitative estimate of drug-likeness (QED) is 0.433. The maximum absolute atomic E-state index is 13.5. The van der Waals surface area contributed by atoms with E-state index in [0.29, 0.717) is 43.4 Å². The summed E-state index contributed by atoms with van der Waals surface area (Å²) in [6, 6.07) is 20.7. The molecule has 184 valence electrons. The van der Waals surface area contributed by atoms with Gasteiger partial charge in [0, 0.05) is 12.6 Å². The summed E-state index contributed by atoms with van der Waals surface area (Å²) in [5.41, 5.74) is 1.42. The molecule has 1 heterocycles. The number of ether oxygens (including phenoxy) is 3. The standard InChI is InChI=1S/C26H28N2O6S/c1-32-22-9-5-7-20(17-22)8-6-14-27-26(29)19-28(35(30,31)23-10-3-2-4-11-23)21-12-13-24-25(18-21)34-16-15-33-24/h2-5,7,9-13,17-18H,6,8,14-16,19H2,1H3,(H,27,29). The van der Waals surface area contributed by atoms with Gasteiger partial charge in [-0.2, -0.15) is 0 Å². The van der Waals surface area contributed by atoms with E-state index in [9.17, 15) is 13.2 Å². The number of rotatable bonds is 10. The van der Waals surface area contributed by atoms with Crippen LogP contribution in [0, 0.1) is 0 Å². The second-order valence-corrected chi connectivity index (χ2v) is 9.82. The highest BCUT2D eigenvalue weighted by Crippen LogP contribution is 2.35. The molecule has 0 spiro atoms. The number of carbonyl (C=O) groups excluding carboxylic acids is 1. The number of hydrogen-bond donors (Lipinski definition) is 1. The van der Waals surface area contributed by atoms with Crippen LogP contribution < -0.4 is 23.8 Å². The minimum atomic E-state index is -3.99. The summed E-state index contributed by atoms with van der Waals surface area (Å²) in [7, 11) is -2.37. The fourth-order valence-electron chi connectivity index (χ4n) is 3.76. The molecule has 0 unspecified atom stereocenters. The predicted molar refractivity (Wildman–Crippen MR) is 133 cm³/mol. The van der Waals surface area contributed by atoms with E-state index in [2.05, 4.69) is 5.32 Å². The van der Waals surface area contributed by atoms with E-state index in [0.717, 1.165) is 22.0 Å². The number of hydrogen-bond acceptors (Lipinski definition) is 6. The predicted octanol–water partition coefficient (Wildman–Crippen LogP) is 3.41. The fourth-order valence-corrected chi connectivity index (χ4v) is 5.19. The normalized spacial score (nSPS) is 12.6. The molecular formula is C26H28N2O6S. The largest absolute Gasteiger partial charge is 0.497 e. The number of methoxy groups -OCH3 is 1. The van der Waals surface area contributed by atoms with Crippen molar-refractivity contribution in [3.63, 3.8) is 0 Å². The first-order valence-corrected chi connectivity index (χ1v) is 12.8. The topological polar surface area (TPSA) is 94.2 Å². The molecule has 9 heteroatoms. The Balaban J connectivity index is 1.47. The highest BCUT2D eigenvalue weighted by atomic mass is 32.2. The highest BCUT2D eigenvalue weighted by molar-refractivity contribution is 7.92. The van der Waals surface area contributed by atoms with Gasteiger partial charge in [0.25, 0.3) is 10.0 Å². The lowest BCUT2D eigenvalue weighted by atomic mass is 10.1.